The van der Waals surface area contributed by atoms with Gasteiger partial charge in [0.15, 0.2) is 0 Å². The van der Waals surface area contributed by atoms with Crippen LogP contribution in [0.3, 0.4) is 0 Å². The monoisotopic (exact) mass is 262 g/mol. The van der Waals surface area contributed by atoms with Crippen LogP contribution in [0.1, 0.15) is 11.3 Å². The van der Waals surface area contributed by atoms with Gasteiger partial charge >= 0.3 is 12.1 Å². The average Bonchev–Trinajstić information content (AvgIpc) is 2.31. The lowest BCUT2D eigenvalue weighted by Gasteiger charge is -2.20. The first-order chi connectivity index (χ1) is 8.39. The van der Waals surface area contributed by atoms with Gasteiger partial charge in [0.1, 0.15) is 0 Å². The van der Waals surface area contributed by atoms with E-state index in [0.29, 0.717) is 23.3 Å². The Balaban J connectivity index is 2.38. The molecule has 0 atom stereocenters. The van der Waals surface area contributed by atoms with E-state index in [4.69, 9.17) is 0 Å². The number of halogens is 3. The molecule has 2 heterocycles. The summed E-state index contributed by atoms with van der Waals surface area (Å²) in [5, 5.41) is 2.89. The fourth-order valence-electron chi connectivity index (χ4n) is 1.68. The Morgan fingerprint density at radius 2 is 2.11 bits per heavy atom. The first kappa shape index (κ1) is 12.6. The summed E-state index contributed by atoms with van der Waals surface area (Å²) >= 11 is 0. The number of alkyl halides is 3. The van der Waals surface area contributed by atoms with Crippen LogP contribution >= 0.6 is 0 Å². The minimum Gasteiger partial charge on any atom is -0.324 e. The zero-order valence-corrected chi connectivity index (χ0v) is 9.08. The van der Waals surface area contributed by atoms with Crippen LogP contribution < -0.4 is 15.7 Å². The number of carbonyl (C=O) groups is 1. The minimum absolute atomic E-state index is 0.177. The van der Waals surface area contributed by atoms with Gasteiger partial charge in [0.2, 0.25) is 0 Å². The van der Waals surface area contributed by atoms with Gasteiger partial charge < -0.3 is 10.2 Å². The predicted molar refractivity (Wildman–Crippen MR) is 53.8 cm³/mol. The van der Waals surface area contributed by atoms with E-state index in [1.54, 1.807) is 0 Å². The van der Waals surface area contributed by atoms with Crippen molar-refractivity contribution in [2.75, 3.05) is 6.54 Å². The van der Waals surface area contributed by atoms with Crippen molar-refractivity contribution in [1.82, 2.24) is 10.0 Å². The maximum atomic E-state index is 12.1. The fraction of sp³-hybridized carbons (Fsp3) is 0.400. The van der Waals surface area contributed by atoms with E-state index in [2.05, 4.69) is 10.2 Å². The molecular weight excluding hydrogens is 253 g/mol. The summed E-state index contributed by atoms with van der Waals surface area (Å²) in [7, 11) is 0. The van der Waals surface area contributed by atoms with Gasteiger partial charge in [0, 0.05) is 12.6 Å². The molecule has 1 aliphatic heterocycles. The third-order valence-electron chi connectivity index (χ3n) is 2.51. The highest BCUT2D eigenvalue weighted by molar-refractivity contribution is 5.75. The van der Waals surface area contributed by atoms with Crippen molar-refractivity contribution in [2.24, 2.45) is 0 Å². The molecule has 8 heteroatoms. The average molecular weight is 262 g/mol. The zero-order valence-electron chi connectivity index (χ0n) is 9.08. The molecular formula is C10H9F3N2O3. The van der Waals surface area contributed by atoms with Gasteiger partial charge in [-0.25, -0.2) is 4.79 Å². The summed E-state index contributed by atoms with van der Waals surface area (Å²) in [6, 6.07) is 2.60. The molecule has 2 rings (SSSR count). The fourth-order valence-corrected chi connectivity index (χ4v) is 1.68. The number of carbonyl (C=O) groups excluding carboxylic acids is 1. The highest BCUT2D eigenvalue weighted by Crippen LogP contribution is 2.16. The Hall–Kier alpha value is -1.83. The first-order valence-electron chi connectivity index (χ1n) is 5.13. The Kier molecular flexibility index (Phi) is 3.12. The number of hydrogen-bond acceptors (Lipinski definition) is 4. The van der Waals surface area contributed by atoms with Crippen LogP contribution in [0, 0.1) is 0 Å². The van der Waals surface area contributed by atoms with Crippen molar-refractivity contribution in [3.63, 3.8) is 0 Å². The molecule has 0 aromatic carbocycles. The quantitative estimate of drug-likeness (QED) is 0.774. The summed E-state index contributed by atoms with van der Waals surface area (Å²) in [5.74, 6) is -2.41. The van der Waals surface area contributed by atoms with E-state index in [9.17, 15) is 22.8 Å². The second kappa shape index (κ2) is 4.45. The van der Waals surface area contributed by atoms with E-state index < -0.39 is 17.7 Å². The molecule has 0 amide bonds. The Labute approximate surface area is 99.1 Å². The molecule has 0 saturated heterocycles. The van der Waals surface area contributed by atoms with Gasteiger partial charge in [-0.1, -0.05) is 6.07 Å². The summed E-state index contributed by atoms with van der Waals surface area (Å²) in [4.78, 5) is 26.3. The number of rotatable bonds is 1. The molecule has 5 nitrogen and oxygen atoms in total. The summed E-state index contributed by atoms with van der Waals surface area (Å²) in [5.41, 5.74) is 0.115. The molecule has 98 valence electrons. The van der Waals surface area contributed by atoms with Gasteiger partial charge in [0.05, 0.1) is 5.69 Å². The Morgan fingerprint density at radius 1 is 1.39 bits per heavy atom. The molecule has 0 fully saturated rings. The maximum Gasteiger partial charge on any atom is 0.493 e. The van der Waals surface area contributed by atoms with Crippen LogP contribution in [0.15, 0.2) is 16.9 Å². The first-order valence-corrected chi connectivity index (χ1v) is 5.13. The lowest BCUT2D eigenvalue weighted by atomic mass is 10.1. The van der Waals surface area contributed by atoms with Crippen molar-refractivity contribution in [2.45, 2.75) is 19.1 Å². The molecule has 1 N–H and O–H groups in total. The van der Waals surface area contributed by atoms with Crippen LogP contribution in [-0.4, -0.2) is 23.4 Å². The second-order valence-electron chi connectivity index (χ2n) is 3.74. The van der Waals surface area contributed by atoms with Crippen LogP contribution in [0.5, 0.6) is 0 Å². The van der Waals surface area contributed by atoms with E-state index >= 15 is 0 Å². The van der Waals surface area contributed by atoms with Crippen molar-refractivity contribution < 1.29 is 22.8 Å². The highest BCUT2D eigenvalue weighted by atomic mass is 19.4. The maximum absolute atomic E-state index is 12.1. The SMILES string of the molecule is O=C(On1c2c(ccc1=O)CCNC2)C(F)(F)F. The van der Waals surface area contributed by atoms with Crippen LogP contribution in [0.2, 0.25) is 0 Å². The molecule has 0 unspecified atom stereocenters. The lowest BCUT2D eigenvalue weighted by molar-refractivity contribution is -0.200. The molecule has 0 spiro atoms. The standard InChI is InChI=1S/C10H9F3N2O3/c11-10(12,13)9(17)18-15-7-5-14-4-3-6(7)1-2-8(15)16/h1-2,14H,3-5H2. The molecule has 18 heavy (non-hydrogen) atoms. The summed E-state index contributed by atoms with van der Waals surface area (Å²) < 4.78 is 36.7. The molecule has 0 radical (unpaired) electrons. The van der Waals surface area contributed by atoms with Gasteiger partial charge in [-0.2, -0.15) is 13.2 Å². The minimum atomic E-state index is -5.13. The van der Waals surface area contributed by atoms with Gasteiger partial charge in [-0.05, 0) is 18.5 Å². The lowest BCUT2D eigenvalue weighted by Crippen LogP contribution is -2.42. The number of aromatic nitrogens is 1. The number of pyridine rings is 1. The Bertz CT molecular complexity index is 536. The van der Waals surface area contributed by atoms with Crippen molar-refractivity contribution >= 4 is 5.97 Å². The van der Waals surface area contributed by atoms with E-state index in [1.165, 1.54) is 6.07 Å². The van der Waals surface area contributed by atoms with Crippen LogP contribution in [0.4, 0.5) is 13.2 Å². The summed E-state index contributed by atoms with van der Waals surface area (Å²) in [6.45, 7) is 0.828. The van der Waals surface area contributed by atoms with Gasteiger partial charge in [-0.15, -0.1) is 4.73 Å². The van der Waals surface area contributed by atoms with E-state index in [1.807, 2.05) is 0 Å². The molecule has 0 bridgehead atoms. The van der Waals surface area contributed by atoms with E-state index in [0.717, 1.165) is 6.07 Å². The highest BCUT2D eigenvalue weighted by Gasteiger charge is 2.42. The predicted octanol–water partition coefficient (Wildman–Crippen LogP) is 0.0115. The third kappa shape index (κ3) is 2.37. The van der Waals surface area contributed by atoms with Crippen molar-refractivity contribution in [3.8, 4) is 0 Å². The second-order valence-corrected chi connectivity index (χ2v) is 3.74. The molecule has 1 aliphatic rings. The topological polar surface area (TPSA) is 60.3 Å². The van der Waals surface area contributed by atoms with Gasteiger partial charge in [0.25, 0.3) is 5.56 Å². The zero-order chi connectivity index (χ0) is 13.3. The van der Waals surface area contributed by atoms with Crippen molar-refractivity contribution in [1.29, 1.82) is 0 Å². The molecule has 0 saturated carbocycles. The number of nitrogens with one attached hydrogen (secondary N) is 1. The number of nitrogens with zero attached hydrogens (tertiary/aromatic N) is 1. The van der Waals surface area contributed by atoms with Crippen molar-refractivity contribution in [3.05, 3.63) is 33.7 Å². The smallest absolute Gasteiger partial charge is 0.324 e. The Morgan fingerprint density at radius 3 is 2.78 bits per heavy atom. The molecule has 1 aromatic rings. The number of fused-ring (bicyclic) bond motifs is 1. The molecule has 0 aliphatic carbocycles. The molecule has 1 aromatic heterocycles. The van der Waals surface area contributed by atoms with Crippen LogP contribution in [-0.2, 0) is 17.8 Å². The van der Waals surface area contributed by atoms with E-state index in [-0.39, 0.29) is 12.2 Å². The van der Waals surface area contributed by atoms with Crippen LogP contribution in [0.25, 0.3) is 0 Å². The largest absolute Gasteiger partial charge is 0.493 e. The number of hydrogen-bond donors (Lipinski definition) is 1. The summed E-state index contributed by atoms with van der Waals surface area (Å²) in [6.07, 6.45) is -4.58. The van der Waals surface area contributed by atoms with Gasteiger partial charge in [-0.3, -0.25) is 4.79 Å². The normalized spacial score (nSPS) is 15.1. The third-order valence-corrected chi connectivity index (χ3v) is 2.51.